The fraction of sp³-hybridized carbons (Fsp3) is 0.500. The molecule has 14 heavy (non-hydrogen) atoms. The molecule has 1 aromatic carbocycles. The summed E-state index contributed by atoms with van der Waals surface area (Å²) >= 11 is 3.44. The first-order valence-corrected chi connectivity index (χ1v) is 5.94. The first-order valence-electron chi connectivity index (χ1n) is 5.15. The van der Waals surface area contributed by atoms with Gasteiger partial charge in [-0.2, -0.15) is 0 Å². The molecule has 2 aliphatic carbocycles. The second-order valence-corrected chi connectivity index (χ2v) is 5.54. The number of hydrogen-bond donors (Lipinski definition) is 1. The van der Waals surface area contributed by atoms with Crippen molar-refractivity contribution in [1.29, 1.82) is 0 Å². The van der Waals surface area contributed by atoms with Crippen LogP contribution in [0.2, 0.25) is 0 Å². The van der Waals surface area contributed by atoms with Gasteiger partial charge in [0.05, 0.1) is 5.60 Å². The fourth-order valence-corrected chi connectivity index (χ4v) is 2.78. The highest BCUT2D eigenvalue weighted by atomic mass is 79.9. The monoisotopic (exact) mass is 252 g/mol. The second-order valence-electron chi connectivity index (χ2n) is 4.62. The molecule has 0 spiro atoms. The van der Waals surface area contributed by atoms with E-state index in [1.54, 1.807) is 0 Å². The number of halogens is 1. The van der Waals surface area contributed by atoms with Gasteiger partial charge in [-0.1, -0.05) is 28.1 Å². The van der Waals surface area contributed by atoms with E-state index in [-0.39, 0.29) is 11.0 Å². The van der Waals surface area contributed by atoms with E-state index in [9.17, 15) is 5.11 Å². The SMILES string of the molecule is OC1(C2(c3ccc(Br)cc3)CC2)CC1. The van der Waals surface area contributed by atoms with Crippen LogP contribution < -0.4 is 0 Å². The summed E-state index contributed by atoms with van der Waals surface area (Å²) in [4.78, 5) is 0. The van der Waals surface area contributed by atoms with Gasteiger partial charge in [-0.05, 0) is 43.4 Å². The molecule has 1 nitrogen and oxygen atoms in total. The van der Waals surface area contributed by atoms with E-state index in [4.69, 9.17) is 0 Å². The van der Waals surface area contributed by atoms with Crippen LogP contribution in [-0.2, 0) is 5.41 Å². The lowest BCUT2D eigenvalue weighted by Crippen LogP contribution is -2.27. The first-order chi connectivity index (χ1) is 6.66. The summed E-state index contributed by atoms with van der Waals surface area (Å²) in [7, 11) is 0. The van der Waals surface area contributed by atoms with Crippen LogP contribution in [0, 0.1) is 0 Å². The Bertz CT molecular complexity index is 360. The van der Waals surface area contributed by atoms with Crippen LogP contribution in [-0.4, -0.2) is 10.7 Å². The molecule has 0 amide bonds. The molecule has 0 saturated heterocycles. The lowest BCUT2D eigenvalue weighted by atomic mass is 9.88. The highest BCUT2D eigenvalue weighted by Crippen LogP contribution is 2.64. The molecule has 0 bridgehead atoms. The molecule has 0 atom stereocenters. The Morgan fingerprint density at radius 2 is 1.57 bits per heavy atom. The van der Waals surface area contributed by atoms with Crippen molar-refractivity contribution < 1.29 is 5.11 Å². The highest BCUT2D eigenvalue weighted by Gasteiger charge is 2.65. The van der Waals surface area contributed by atoms with Gasteiger partial charge in [0.2, 0.25) is 0 Å². The van der Waals surface area contributed by atoms with Crippen molar-refractivity contribution in [3.05, 3.63) is 34.3 Å². The van der Waals surface area contributed by atoms with Gasteiger partial charge in [0.1, 0.15) is 0 Å². The van der Waals surface area contributed by atoms with Crippen molar-refractivity contribution in [3.8, 4) is 0 Å². The third kappa shape index (κ3) is 1.10. The second kappa shape index (κ2) is 2.61. The maximum atomic E-state index is 10.2. The van der Waals surface area contributed by atoms with E-state index in [2.05, 4.69) is 40.2 Å². The topological polar surface area (TPSA) is 20.2 Å². The molecule has 2 saturated carbocycles. The molecule has 0 unspecified atom stereocenters. The Kier molecular flexibility index (Phi) is 1.67. The predicted octanol–water partition coefficient (Wildman–Crippen LogP) is 3.01. The van der Waals surface area contributed by atoms with E-state index < -0.39 is 0 Å². The average Bonchev–Trinajstić information content (AvgIpc) is 3.01. The largest absolute Gasteiger partial charge is 0.389 e. The standard InChI is InChI=1S/C12H13BrO/c13-10-3-1-9(2-4-10)11(5-6-11)12(14)7-8-12/h1-4,14H,5-8H2. The Hall–Kier alpha value is -0.340. The lowest BCUT2D eigenvalue weighted by molar-refractivity contribution is 0.106. The van der Waals surface area contributed by atoms with Gasteiger partial charge >= 0.3 is 0 Å². The Labute approximate surface area is 92.3 Å². The molecule has 2 heteroatoms. The molecule has 0 heterocycles. The zero-order valence-corrected chi connectivity index (χ0v) is 9.55. The summed E-state index contributed by atoms with van der Waals surface area (Å²) in [6.45, 7) is 0. The molecule has 1 N–H and O–H groups in total. The van der Waals surface area contributed by atoms with Crippen LogP contribution in [0.1, 0.15) is 31.2 Å². The maximum absolute atomic E-state index is 10.2. The van der Waals surface area contributed by atoms with Crippen molar-refractivity contribution in [3.63, 3.8) is 0 Å². The van der Waals surface area contributed by atoms with Crippen molar-refractivity contribution in [2.45, 2.75) is 36.7 Å². The molecule has 0 aliphatic heterocycles. The quantitative estimate of drug-likeness (QED) is 0.858. The van der Waals surface area contributed by atoms with Crippen molar-refractivity contribution in [2.75, 3.05) is 0 Å². The third-order valence-electron chi connectivity index (χ3n) is 3.76. The average molecular weight is 253 g/mol. The van der Waals surface area contributed by atoms with Gasteiger partial charge in [0.25, 0.3) is 0 Å². The molecule has 0 aromatic heterocycles. The number of aliphatic hydroxyl groups is 1. The van der Waals surface area contributed by atoms with Gasteiger partial charge in [-0.15, -0.1) is 0 Å². The Morgan fingerprint density at radius 1 is 1.00 bits per heavy atom. The summed E-state index contributed by atoms with van der Waals surface area (Å²) in [5.41, 5.74) is 1.08. The van der Waals surface area contributed by atoms with E-state index in [1.165, 1.54) is 5.56 Å². The molecule has 3 rings (SSSR count). The minimum atomic E-state index is -0.360. The fourth-order valence-electron chi connectivity index (χ4n) is 2.51. The minimum absolute atomic E-state index is 0.119. The van der Waals surface area contributed by atoms with Crippen LogP contribution in [0.3, 0.4) is 0 Å². The molecule has 2 aliphatic rings. The number of rotatable bonds is 2. The van der Waals surface area contributed by atoms with Crippen LogP contribution >= 0.6 is 15.9 Å². The zero-order valence-electron chi connectivity index (χ0n) is 7.96. The van der Waals surface area contributed by atoms with Crippen molar-refractivity contribution in [1.82, 2.24) is 0 Å². The number of benzene rings is 1. The van der Waals surface area contributed by atoms with Crippen LogP contribution in [0.4, 0.5) is 0 Å². The van der Waals surface area contributed by atoms with E-state index in [0.29, 0.717) is 0 Å². The summed E-state index contributed by atoms with van der Waals surface area (Å²) < 4.78 is 1.11. The summed E-state index contributed by atoms with van der Waals surface area (Å²) in [5.74, 6) is 0. The van der Waals surface area contributed by atoms with E-state index in [0.717, 1.165) is 30.2 Å². The molecule has 2 fully saturated rings. The summed E-state index contributed by atoms with van der Waals surface area (Å²) in [5, 5.41) is 10.2. The van der Waals surface area contributed by atoms with Crippen LogP contribution in [0.25, 0.3) is 0 Å². The zero-order chi connectivity index (χ0) is 9.81. The van der Waals surface area contributed by atoms with E-state index >= 15 is 0 Å². The van der Waals surface area contributed by atoms with Crippen LogP contribution in [0.5, 0.6) is 0 Å². The number of hydrogen-bond acceptors (Lipinski definition) is 1. The van der Waals surface area contributed by atoms with Gasteiger partial charge < -0.3 is 5.11 Å². The van der Waals surface area contributed by atoms with Gasteiger partial charge in [-0.25, -0.2) is 0 Å². The summed E-state index contributed by atoms with van der Waals surface area (Å²) in [6, 6.07) is 8.43. The Balaban J connectivity index is 1.99. The Morgan fingerprint density at radius 3 is 2.00 bits per heavy atom. The molecule has 0 radical (unpaired) electrons. The molecule has 1 aromatic rings. The van der Waals surface area contributed by atoms with Gasteiger partial charge in [-0.3, -0.25) is 0 Å². The molecular weight excluding hydrogens is 240 g/mol. The normalized spacial score (nSPS) is 25.9. The third-order valence-corrected chi connectivity index (χ3v) is 4.29. The van der Waals surface area contributed by atoms with Gasteiger partial charge in [0.15, 0.2) is 0 Å². The molecular formula is C12H13BrO. The van der Waals surface area contributed by atoms with Gasteiger partial charge in [0, 0.05) is 9.89 Å². The smallest absolute Gasteiger partial charge is 0.0746 e. The van der Waals surface area contributed by atoms with Crippen molar-refractivity contribution >= 4 is 15.9 Å². The lowest BCUT2D eigenvalue weighted by Gasteiger charge is -2.22. The highest BCUT2D eigenvalue weighted by molar-refractivity contribution is 9.10. The maximum Gasteiger partial charge on any atom is 0.0746 e. The minimum Gasteiger partial charge on any atom is -0.389 e. The first kappa shape index (κ1) is 8.93. The van der Waals surface area contributed by atoms with Crippen molar-refractivity contribution in [2.24, 2.45) is 0 Å². The van der Waals surface area contributed by atoms with E-state index in [1.807, 2.05) is 0 Å². The predicted molar refractivity (Wildman–Crippen MR) is 59.2 cm³/mol. The molecule has 74 valence electrons. The van der Waals surface area contributed by atoms with Crippen LogP contribution in [0.15, 0.2) is 28.7 Å². The summed E-state index contributed by atoms with van der Waals surface area (Å²) in [6.07, 6.45) is 4.29.